The van der Waals surface area contributed by atoms with Crippen LogP contribution in [0.4, 0.5) is 0 Å². The van der Waals surface area contributed by atoms with Crippen molar-refractivity contribution in [1.29, 1.82) is 0 Å². The first-order valence-corrected chi connectivity index (χ1v) is 38.8. The third-order valence-corrected chi connectivity index (χ3v) is 16.6. The number of aliphatic hydroxyl groups is 2. The molecule has 0 aromatic rings. The number of carbonyl (C=O) groups excluding carboxylic acids is 3. The SMILES string of the molecule is CC/C=C\C/C=C\C/C=C\C/C=C\C/C=C\CCCCCCCCCCCCCC(=O)OCC(O)COP(=O)(O)OCC(O)COP(=O)(O)OCC(COC(=O)CCC/C=C\C/C=C\C/C=C\C/C=C\C/C=C\CC)OC(=O)CCCCCCCCCCCCCCC. The molecule has 0 radical (unpaired) electrons. The molecule has 5 atom stereocenters. The molecule has 0 aromatic carbocycles. The smallest absolute Gasteiger partial charge is 0.463 e. The van der Waals surface area contributed by atoms with E-state index in [-0.39, 0.29) is 19.3 Å². The van der Waals surface area contributed by atoms with Crippen molar-refractivity contribution in [3.8, 4) is 0 Å². The number of hydrogen-bond acceptors (Lipinski definition) is 14. The minimum Gasteiger partial charge on any atom is -0.463 e. The number of aliphatic hydroxyl groups excluding tert-OH is 2. The highest BCUT2D eigenvalue weighted by Crippen LogP contribution is 2.45. The largest absolute Gasteiger partial charge is 0.472 e. The topological polar surface area (TPSA) is 231 Å². The molecular formula is C75H128O16P2. The van der Waals surface area contributed by atoms with Crippen molar-refractivity contribution < 1.29 is 75.8 Å². The molecule has 0 aliphatic carbocycles. The van der Waals surface area contributed by atoms with Crippen LogP contribution in [0.5, 0.6) is 0 Å². The molecule has 0 bridgehead atoms. The Bertz CT molecular complexity index is 2180. The van der Waals surface area contributed by atoms with Gasteiger partial charge in [-0.3, -0.25) is 32.5 Å². The summed E-state index contributed by atoms with van der Waals surface area (Å²) in [6.45, 7) is 2.38. The van der Waals surface area contributed by atoms with Gasteiger partial charge in [-0.05, 0) is 103 Å². The van der Waals surface area contributed by atoms with Crippen LogP contribution in [0.1, 0.15) is 278 Å². The Balaban J connectivity index is 4.54. The van der Waals surface area contributed by atoms with Gasteiger partial charge in [-0.1, -0.05) is 277 Å². The minimum absolute atomic E-state index is 0.0920. The molecule has 16 nitrogen and oxygen atoms in total. The lowest BCUT2D eigenvalue weighted by atomic mass is 10.0. The number of esters is 3. The Morgan fingerprint density at radius 1 is 0.312 bits per heavy atom. The van der Waals surface area contributed by atoms with Gasteiger partial charge in [0.1, 0.15) is 25.4 Å². The zero-order valence-electron chi connectivity index (χ0n) is 57.9. The van der Waals surface area contributed by atoms with E-state index in [1.54, 1.807) is 0 Å². The molecule has 18 heteroatoms. The van der Waals surface area contributed by atoms with Crippen LogP contribution in [0, 0.1) is 0 Å². The monoisotopic (exact) mass is 1350 g/mol. The lowest BCUT2D eigenvalue weighted by molar-refractivity contribution is -0.161. The molecule has 0 amide bonds. The van der Waals surface area contributed by atoms with Crippen LogP contribution >= 0.6 is 15.6 Å². The Morgan fingerprint density at radius 3 is 0.946 bits per heavy atom. The molecule has 4 N–H and O–H groups in total. The second-order valence-corrected chi connectivity index (χ2v) is 26.5. The molecule has 93 heavy (non-hydrogen) atoms. The summed E-state index contributed by atoms with van der Waals surface area (Å²) in [5.74, 6) is -1.64. The molecule has 0 fully saturated rings. The van der Waals surface area contributed by atoms with Gasteiger partial charge in [-0.15, -0.1) is 0 Å². The Labute approximate surface area is 563 Å². The molecule has 534 valence electrons. The maximum absolute atomic E-state index is 12.9. The van der Waals surface area contributed by atoms with E-state index in [1.807, 2.05) is 12.2 Å². The molecular weight excluding hydrogens is 1220 g/mol. The van der Waals surface area contributed by atoms with E-state index in [9.17, 15) is 43.5 Å². The Morgan fingerprint density at radius 2 is 0.581 bits per heavy atom. The van der Waals surface area contributed by atoms with Crippen LogP contribution in [0.3, 0.4) is 0 Å². The molecule has 0 aromatic heterocycles. The van der Waals surface area contributed by atoms with E-state index in [0.29, 0.717) is 25.7 Å². The Kier molecular flexibility index (Phi) is 65.0. The standard InChI is InChI=1S/C75H128O16P2/c1-4-7-10-13-16-19-22-25-27-29-30-31-32-33-34-35-36-37-38-40-42-44-46-49-52-55-58-61-73(78)85-64-70(76)65-87-92(81,82)88-66-71(77)67-89-93(83,84)90-69-72(91-75(80)63-60-57-54-51-48-43-24-21-18-15-12-9-6-3)68-86-74(79)62-59-56-53-50-47-45-41-39-28-26-23-20-17-14-11-8-5-2/h7-8,10-11,16-17,19-20,25-28,30-31,33-34,41,45,50,53,70-72,76-77H,4-6,9,12-15,18,21-24,29,32,35-40,42-44,46-49,51-52,54-69H2,1-3H3,(H,81,82)(H,83,84)/b10-7-,11-8-,19-16-,20-17-,27-25-,28-26-,31-30-,34-33-,45-41-,53-50-. The van der Waals surface area contributed by atoms with Crippen molar-refractivity contribution in [2.24, 2.45) is 0 Å². The summed E-state index contributed by atoms with van der Waals surface area (Å²) in [6, 6.07) is 0. The molecule has 0 rings (SSSR count). The van der Waals surface area contributed by atoms with Crippen molar-refractivity contribution >= 4 is 33.6 Å². The lowest BCUT2D eigenvalue weighted by Crippen LogP contribution is -2.30. The van der Waals surface area contributed by atoms with Crippen LogP contribution in [0.2, 0.25) is 0 Å². The number of unbranched alkanes of at least 4 members (excludes halogenated alkanes) is 24. The summed E-state index contributed by atoms with van der Waals surface area (Å²) >= 11 is 0. The minimum atomic E-state index is -4.94. The van der Waals surface area contributed by atoms with Gasteiger partial charge in [-0.2, -0.15) is 0 Å². The number of phosphoric acid groups is 2. The first kappa shape index (κ1) is 89.0. The number of rotatable bonds is 67. The fraction of sp³-hybridized carbons (Fsp3) is 0.693. The summed E-state index contributed by atoms with van der Waals surface area (Å²) in [7, 11) is -9.79. The van der Waals surface area contributed by atoms with Gasteiger partial charge in [-0.25, -0.2) is 9.13 Å². The summed E-state index contributed by atoms with van der Waals surface area (Å²) in [5.41, 5.74) is 0. The van der Waals surface area contributed by atoms with Gasteiger partial charge in [0.15, 0.2) is 6.10 Å². The summed E-state index contributed by atoms with van der Waals surface area (Å²) in [4.78, 5) is 58.4. The van der Waals surface area contributed by atoms with Crippen molar-refractivity contribution in [2.45, 2.75) is 296 Å². The van der Waals surface area contributed by atoms with Crippen molar-refractivity contribution in [3.63, 3.8) is 0 Å². The fourth-order valence-electron chi connectivity index (χ4n) is 9.28. The molecule has 0 aliphatic rings. The number of allylic oxidation sites excluding steroid dienone is 20. The fourth-order valence-corrected chi connectivity index (χ4v) is 10.9. The van der Waals surface area contributed by atoms with Crippen LogP contribution in [-0.4, -0.2) is 95.9 Å². The third-order valence-electron chi connectivity index (χ3n) is 14.7. The van der Waals surface area contributed by atoms with E-state index >= 15 is 0 Å². The van der Waals surface area contributed by atoms with E-state index in [0.717, 1.165) is 116 Å². The molecule has 0 aliphatic heterocycles. The highest BCUT2D eigenvalue weighted by molar-refractivity contribution is 7.47. The van der Waals surface area contributed by atoms with Crippen LogP contribution in [-0.2, 0) is 55.8 Å². The van der Waals surface area contributed by atoms with Gasteiger partial charge in [0.2, 0.25) is 0 Å². The molecule has 0 saturated carbocycles. The second-order valence-electron chi connectivity index (χ2n) is 23.6. The summed E-state index contributed by atoms with van der Waals surface area (Å²) in [5, 5.41) is 20.6. The second kappa shape index (κ2) is 67.9. The first-order valence-electron chi connectivity index (χ1n) is 35.8. The number of phosphoric ester groups is 2. The van der Waals surface area contributed by atoms with Crippen LogP contribution in [0.25, 0.3) is 0 Å². The number of carbonyl (C=O) groups is 3. The van der Waals surface area contributed by atoms with Crippen molar-refractivity contribution in [2.75, 3.05) is 39.6 Å². The molecule has 0 saturated heterocycles. The maximum Gasteiger partial charge on any atom is 0.472 e. The lowest BCUT2D eigenvalue weighted by Gasteiger charge is -2.21. The van der Waals surface area contributed by atoms with Gasteiger partial charge >= 0.3 is 33.6 Å². The van der Waals surface area contributed by atoms with Crippen molar-refractivity contribution in [1.82, 2.24) is 0 Å². The van der Waals surface area contributed by atoms with Gasteiger partial charge in [0.05, 0.1) is 26.4 Å². The predicted octanol–water partition coefficient (Wildman–Crippen LogP) is 20.2. The van der Waals surface area contributed by atoms with E-state index in [1.165, 1.54) is 96.3 Å². The van der Waals surface area contributed by atoms with Crippen LogP contribution < -0.4 is 0 Å². The van der Waals surface area contributed by atoms with Gasteiger partial charge in [0, 0.05) is 19.3 Å². The van der Waals surface area contributed by atoms with E-state index in [4.69, 9.17) is 32.3 Å². The summed E-state index contributed by atoms with van der Waals surface area (Å²) < 4.78 is 60.9. The van der Waals surface area contributed by atoms with Gasteiger partial charge < -0.3 is 34.2 Å². The molecule has 5 unspecified atom stereocenters. The number of hydrogen-bond donors (Lipinski definition) is 4. The molecule has 0 heterocycles. The van der Waals surface area contributed by atoms with E-state index < -0.39 is 91.5 Å². The highest BCUT2D eigenvalue weighted by atomic mass is 31.2. The van der Waals surface area contributed by atoms with E-state index in [2.05, 4.69) is 130 Å². The van der Waals surface area contributed by atoms with Crippen molar-refractivity contribution in [3.05, 3.63) is 122 Å². The Hall–Kier alpha value is -4.05. The predicted molar refractivity (Wildman–Crippen MR) is 380 cm³/mol. The average Bonchev–Trinajstić information content (AvgIpc) is 2.77. The number of ether oxygens (including phenoxy) is 3. The molecule has 0 spiro atoms. The normalized spacial score (nSPS) is 14.9. The zero-order valence-corrected chi connectivity index (χ0v) is 59.7. The average molecular weight is 1350 g/mol. The maximum atomic E-state index is 12.9. The first-order chi connectivity index (χ1) is 45.2. The quantitative estimate of drug-likeness (QED) is 0.0146. The third kappa shape index (κ3) is 69.1. The summed E-state index contributed by atoms with van der Waals surface area (Å²) in [6.07, 6.45) is 78.4. The van der Waals surface area contributed by atoms with Crippen LogP contribution in [0.15, 0.2) is 122 Å². The highest BCUT2D eigenvalue weighted by Gasteiger charge is 2.29. The van der Waals surface area contributed by atoms with Gasteiger partial charge in [0.25, 0.3) is 0 Å². The zero-order chi connectivity index (χ0) is 68.1.